The Morgan fingerprint density at radius 1 is 1.35 bits per heavy atom. The van der Waals surface area contributed by atoms with Crippen LogP contribution in [-0.4, -0.2) is 15.8 Å². The van der Waals surface area contributed by atoms with Gasteiger partial charge in [0.15, 0.2) is 0 Å². The third-order valence-electron chi connectivity index (χ3n) is 2.61. The van der Waals surface area contributed by atoms with Gasteiger partial charge >= 0.3 is 0 Å². The predicted molar refractivity (Wildman–Crippen MR) is 79.4 cm³/mol. The van der Waals surface area contributed by atoms with Crippen LogP contribution in [0.5, 0.6) is 0 Å². The number of hydrogen-bond donors (Lipinski definition) is 2. The first kappa shape index (κ1) is 16.4. The maximum atomic E-state index is 8.51. The number of nitrogens with one attached hydrogen (secondary N) is 1. The van der Waals surface area contributed by atoms with Crippen molar-refractivity contribution in [1.82, 2.24) is 5.32 Å². The molecule has 1 unspecified atom stereocenters. The van der Waals surface area contributed by atoms with Gasteiger partial charge in [-0.1, -0.05) is 25.5 Å². The van der Waals surface area contributed by atoms with Gasteiger partial charge in [-0.2, -0.15) is 0 Å². The highest BCUT2D eigenvalue weighted by Gasteiger charge is 2.43. The van der Waals surface area contributed by atoms with Crippen molar-refractivity contribution < 1.29 is 5.11 Å². The fourth-order valence-electron chi connectivity index (χ4n) is 1.52. The number of allylic oxidation sites excluding steroid dienone is 2. The largest absolute Gasteiger partial charge is 0.487 e. The summed E-state index contributed by atoms with van der Waals surface area (Å²) in [6.07, 6.45) is 3.78. The summed E-state index contributed by atoms with van der Waals surface area (Å²) in [6.45, 7) is 14.8. The van der Waals surface area contributed by atoms with E-state index in [9.17, 15) is 0 Å². The van der Waals surface area contributed by atoms with Gasteiger partial charge in [-0.15, -0.1) is 0 Å². The lowest BCUT2D eigenvalue weighted by Gasteiger charge is -2.18. The second-order valence-corrected chi connectivity index (χ2v) is 7.11. The van der Waals surface area contributed by atoms with Crippen molar-refractivity contribution in [2.75, 3.05) is 0 Å². The van der Waals surface area contributed by atoms with Gasteiger partial charge in [0, 0.05) is 5.54 Å². The third-order valence-corrected chi connectivity index (χ3v) is 2.71. The summed E-state index contributed by atoms with van der Waals surface area (Å²) in [5.41, 5.74) is 1.97. The molecule has 0 aliphatic heterocycles. The summed E-state index contributed by atoms with van der Waals surface area (Å²) in [5.74, 6) is 0.877. The predicted octanol–water partition coefficient (Wildman–Crippen LogP) is 4.22. The van der Waals surface area contributed by atoms with Crippen LogP contribution in [0.25, 0.3) is 0 Å². The first-order valence-electron chi connectivity index (χ1n) is 6.10. The monoisotopic (exact) mass is 257 g/mol. The zero-order valence-electron chi connectivity index (χ0n) is 12.2. The van der Waals surface area contributed by atoms with Crippen LogP contribution in [0, 0.1) is 11.3 Å². The molecular formula is C14H27NOS. The minimum absolute atomic E-state index is 0.119. The molecule has 2 nitrogen and oxygen atoms in total. The maximum Gasteiger partial charge on any atom is 0.254 e. The van der Waals surface area contributed by atoms with Crippen LogP contribution in [0.1, 0.15) is 54.9 Å². The van der Waals surface area contributed by atoms with Gasteiger partial charge in [-0.25, -0.2) is 0 Å². The van der Waals surface area contributed by atoms with Gasteiger partial charge in [0.05, 0.1) is 0 Å². The van der Waals surface area contributed by atoms with Crippen LogP contribution >= 0.6 is 12.2 Å². The molecule has 1 aliphatic carbocycles. The van der Waals surface area contributed by atoms with E-state index >= 15 is 0 Å². The Hall–Kier alpha value is -0.570. The Labute approximate surface area is 111 Å². The average molecular weight is 257 g/mol. The highest BCUT2D eigenvalue weighted by molar-refractivity contribution is 7.79. The number of aliphatic hydroxyl groups is 1. The van der Waals surface area contributed by atoms with E-state index < -0.39 is 0 Å². The highest BCUT2D eigenvalue weighted by Crippen LogP contribution is 2.52. The SMILES string of the molecule is CC(C)(C)NC(O)=S.CC(C)=CC1CC1(C)C. The van der Waals surface area contributed by atoms with Crippen molar-refractivity contribution >= 4 is 17.4 Å². The fraction of sp³-hybridized carbons (Fsp3) is 0.786. The standard InChI is InChI=1S/C9H16.C5H11NOS/c1-7(2)5-8-6-9(8,3)4;1-5(2,3)6-4(7)8/h5,8H,6H2,1-4H3;1-3H3,(H2,6,7,8). The summed E-state index contributed by atoms with van der Waals surface area (Å²) < 4.78 is 0. The summed E-state index contributed by atoms with van der Waals surface area (Å²) in [6, 6.07) is 0. The summed E-state index contributed by atoms with van der Waals surface area (Å²) in [7, 11) is 0. The highest BCUT2D eigenvalue weighted by atomic mass is 32.1. The average Bonchev–Trinajstić information content (AvgIpc) is 2.51. The molecule has 0 aromatic rings. The Kier molecular flexibility index (Phi) is 5.66. The Morgan fingerprint density at radius 2 is 1.76 bits per heavy atom. The van der Waals surface area contributed by atoms with Crippen molar-refractivity contribution in [3.8, 4) is 0 Å². The van der Waals surface area contributed by atoms with Gasteiger partial charge in [0.2, 0.25) is 0 Å². The number of rotatable bonds is 1. The van der Waals surface area contributed by atoms with E-state index in [-0.39, 0.29) is 10.7 Å². The lowest BCUT2D eigenvalue weighted by atomic mass is 10.1. The topological polar surface area (TPSA) is 32.3 Å². The molecule has 1 aliphatic rings. The van der Waals surface area contributed by atoms with Crippen LogP contribution < -0.4 is 5.32 Å². The van der Waals surface area contributed by atoms with Crippen LogP contribution in [-0.2, 0) is 0 Å². The molecule has 0 amide bonds. The smallest absolute Gasteiger partial charge is 0.254 e. The van der Waals surface area contributed by atoms with Gasteiger partial charge in [0.1, 0.15) is 0 Å². The molecule has 1 atom stereocenters. The lowest BCUT2D eigenvalue weighted by molar-refractivity contribution is 0.443. The van der Waals surface area contributed by atoms with Crippen LogP contribution in [0.2, 0.25) is 0 Å². The number of thiocarbonyl (C=S) groups is 1. The fourth-order valence-corrected chi connectivity index (χ4v) is 1.82. The zero-order valence-corrected chi connectivity index (χ0v) is 13.0. The molecule has 0 spiro atoms. The van der Waals surface area contributed by atoms with Crippen molar-refractivity contribution in [3.63, 3.8) is 0 Å². The van der Waals surface area contributed by atoms with Gasteiger partial charge < -0.3 is 10.4 Å². The van der Waals surface area contributed by atoms with Crippen LogP contribution in [0.4, 0.5) is 0 Å². The molecule has 1 saturated carbocycles. The summed E-state index contributed by atoms with van der Waals surface area (Å²) in [5, 5.41) is 11.0. The minimum atomic E-state index is -0.141. The molecule has 0 aromatic carbocycles. The molecule has 0 aromatic heterocycles. The number of hydrogen-bond acceptors (Lipinski definition) is 1. The van der Waals surface area contributed by atoms with Gasteiger partial charge in [0.25, 0.3) is 5.17 Å². The molecule has 1 fully saturated rings. The molecule has 1 rings (SSSR count). The van der Waals surface area contributed by atoms with E-state index in [1.54, 1.807) is 0 Å². The first-order chi connectivity index (χ1) is 7.44. The first-order valence-corrected chi connectivity index (χ1v) is 6.51. The Bertz CT molecular complexity index is 296. The van der Waals surface area contributed by atoms with Crippen LogP contribution in [0.15, 0.2) is 11.6 Å². The van der Waals surface area contributed by atoms with Crippen molar-refractivity contribution in [2.45, 2.75) is 60.4 Å². The van der Waals surface area contributed by atoms with E-state index in [0.717, 1.165) is 5.92 Å². The molecule has 0 heterocycles. The molecular weight excluding hydrogens is 230 g/mol. The molecule has 100 valence electrons. The quantitative estimate of drug-likeness (QED) is 0.545. The molecule has 3 heteroatoms. The molecule has 0 bridgehead atoms. The van der Waals surface area contributed by atoms with Gasteiger partial charge in [-0.05, 0) is 64.6 Å². The summed E-state index contributed by atoms with van der Waals surface area (Å²) >= 11 is 4.39. The maximum absolute atomic E-state index is 8.51. The van der Waals surface area contributed by atoms with E-state index in [2.05, 4.69) is 51.3 Å². The Morgan fingerprint density at radius 3 is 1.82 bits per heavy atom. The molecule has 0 radical (unpaired) electrons. The third kappa shape index (κ3) is 9.16. The lowest BCUT2D eigenvalue weighted by Crippen LogP contribution is -2.39. The van der Waals surface area contributed by atoms with E-state index in [4.69, 9.17) is 5.11 Å². The molecule has 2 N–H and O–H groups in total. The zero-order chi connectivity index (χ0) is 13.9. The van der Waals surface area contributed by atoms with E-state index in [1.807, 2.05) is 20.8 Å². The second kappa shape index (κ2) is 5.85. The second-order valence-electron chi connectivity index (χ2n) is 6.72. The molecule has 17 heavy (non-hydrogen) atoms. The van der Waals surface area contributed by atoms with Crippen LogP contribution in [0.3, 0.4) is 0 Å². The normalized spacial score (nSPS) is 20.8. The summed E-state index contributed by atoms with van der Waals surface area (Å²) in [4.78, 5) is 0. The minimum Gasteiger partial charge on any atom is -0.487 e. The Balaban J connectivity index is 0.000000304. The number of aliphatic hydroxyl groups excluding tert-OH is 1. The van der Waals surface area contributed by atoms with Gasteiger partial charge in [-0.3, -0.25) is 0 Å². The van der Waals surface area contributed by atoms with E-state index in [1.165, 1.54) is 12.0 Å². The van der Waals surface area contributed by atoms with Crippen molar-refractivity contribution in [3.05, 3.63) is 11.6 Å². The van der Waals surface area contributed by atoms with Crippen molar-refractivity contribution in [1.29, 1.82) is 0 Å². The van der Waals surface area contributed by atoms with Crippen molar-refractivity contribution in [2.24, 2.45) is 11.3 Å². The van der Waals surface area contributed by atoms with E-state index in [0.29, 0.717) is 5.41 Å². The molecule has 0 saturated heterocycles.